The van der Waals surface area contributed by atoms with Crippen molar-refractivity contribution in [2.75, 3.05) is 13.1 Å². The highest BCUT2D eigenvalue weighted by Crippen LogP contribution is 2.26. The summed E-state index contributed by atoms with van der Waals surface area (Å²) in [7, 11) is 0. The van der Waals surface area contributed by atoms with E-state index in [0.29, 0.717) is 48.6 Å². The van der Waals surface area contributed by atoms with E-state index in [9.17, 15) is 19.1 Å². The minimum absolute atomic E-state index is 0.0339. The molecule has 3 aromatic heterocycles. The number of piperidine rings is 1. The highest BCUT2D eigenvalue weighted by molar-refractivity contribution is 5.94. The number of carbonyl (C=O) groups excluding carboxylic acids is 1. The third-order valence-corrected chi connectivity index (χ3v) is 6.92. The van der Waals surface area contributed by atoms with Crippen LogP contribution >= 0.6 is 0 Å². The Morgan fingerprint density at radius 1 is 1.00 bits per heavy atom. The lowest BCUT2D eigenvalue weighted by atomic mass is 9.91. The van der Waals surface area contributed by atoms with Crippen molar-refractivity contribution >= 4 is 16.9 Å². The van der Waals surface area contributed by atoms with Gasteiger partial charge in [0.15, 0.2) is 5.65 Å². The monoisotopic (exact) mass is 541 g/mol. The summed E-state index contributed by atoms with van der Waals surface area (Å²) in [5.41, 5.74) is -0.114. The van der Waals surface area contributed by atoms with Gasteiger partial charge in [0, 0.05) is 31.0 Å². The maximum Gasteiger partial charge on any atom is 0.321 e. The van der Waals surface area contributed by atoms with E-state index in [4.69, 9.17) is 4.74 Å². The molecule has 1 aliphatic heterocycles. The topological polar surface area (TPSA) is 128 Å². The molecule has 1 saturated heterocycles. The molecule has 0 atom stereocenters. The van der Waals surface area contributed by atoms with Crippen LogP contribution in [0, 0.1) is 5.82 Å². The first-order valence-electron chi connectivity index (χ1n) is 12.6. The Labute approximate surface area is 227 Å². The molecule has 11 nitrogen and oxygen atoms in total. The van der Waals surface area contributed by atoms with Crippen molar-refractivity contribution in [3.05, 3.63) is 101 Å². The van der Waals surface area contributed by atoms with Gasteiger partial charge in [-0.05, 0) is 67.4 Å². The second-order valence-corrected chi connectivity index (χ2v) is 9.62. The van der Waals surface area contributed by atoms with Crippen LogP contribution in [0.1, 0.15) is 23.2 Å². The Morgan fingerprint density at radius 3 is 2.40 bits per heavy atom. The standard InChI is InChI=1S/C28H24FN7O4/c29-20-4-6-21(7-5-20)36-24-23(16-33-36)26(38)35(18-32-24)17-28(39)10-14-34(15-11-28)25(37)19-2-8-22(9-3-19)40-27-30-12-1-13-31-27/h1-9,12-13,16,18,39H,10-11,14-15,17H2. The van der Waals surface area contributed by atoms with Gasteiger partial charge in [0.05, 0.1) is 24.0 Å². The fraction of sp³-hybridized carbons (Fsp3) is 0.214. The maximum absolute atomic E-state index is 13.3. The van der Waals surface area contributed by atoms with E-state index in [-0.39, 0.29) is 35.2 Å². The second kappa shape index (κ2) is 10.3. The lowest BCUT2D eigenvalue weighted by Crippen LogP contribution is -2.49. The van der Waals surface area contributed by atoms with Gasteiger partial charge in [-0.15, -0.1) is 0 Å². The molecule has 5 aromatic rings. The van der Waals surface area contributed by atoms with Crippen LogP contribution in [-0.4, -0.2) is 63.9 Å². The van der Waals surface area contributed by atoms with Crippen molar-refractivity contribution in [2.45, 2.75) is 25.0 Å². The first-order valence-corrected chi connectivity index (χ1v) is 12.6. The number of rotatable bonds is 6. The fourth-order valence-corrected chi connectivity index (χ4v) is 4.73. The van der Waals surface area contributed by atoms with Crippen molar-refractivity contribution in [1.29, 1.82) is 0 Å². The normalized spacial score (nSPS) is 14.8. The molecule has 2 aromatic carbocycles. The largest absolute Gasteiger partial charge is 0.424 e. The van der Waals surface area contributed by atoms with Gasteiger partial charge in [0.1, 0.15) is 23.3 Å². The molecule has 202 valence electrons. The average molecular weight is 542 g/mol. The quantitative estimate of drug-likeness (QED) is 0.348. The molecule has 40 heavy (non-hydrogen) atoms. The Kier molecular flexibility index (Phi) is 6.52. The Morgan fingerprint density at radius 2 is 1.70 bits per heavy atom. The Bertz CT molecular complexity index is 1710. The molecule has 0 saturated carbocycles. The molecule has 0 unspecified atom stereocenters. The Balaban J connectivity index is 1.11. The number of carbonyl (C=O) groups is 1. The average Bonchev–Trinajstić information content (AvgIpc) is 3.41. The number of amides is 1. The number of aromatic nitrogens is 6. The number of hydrogen-bond acceptors (Lipinski definition) is 8. The summed E-state index contributed by atoms with van der Waals surface area (Å²) >= 11 is 0. The molecule has 0 radical (unpaired) electrons. The lowest BCUT2D eigenvalue weighted by Gasteiger charge is -2.38. The van der Waals surface area contributed by atoms with E-state index >= 15 is 0 Å². The van der Waals surface area contributed by atoms with Crippen LogP contribution in [0.15, 0.2) is 84.3 Å². The zero-order valence-electron chi connectivity index (χ0n) is 21.2. The number of likely N-dealkylation sites (tertiary alicyclic amines) is 1. The minimum atomic E-state index is -1.18. The van der Waals surface area contributed by atoms with E-state index in [2.05, 4.69) is 20.1 Å². The number of halogens is 1. The van der Waals surface area contributed by atoms with Crippen molar-refractivity contribution < 1.29 is 19.0 Å². The fourth-order valence-electron chi connectivity index (χ4n) is 4.73. The lowest BCUT2D eigenvalue weighted by molar-refractivity contribution is -0.0299. The smallest absolute Gasteiger partial charge is 0.321 e. The van der Waals surface area contributed by atoms with Gasteiger partial charge < -0.3 is 14.7 Å². The van der Waals surface area contributed by atoms with E-state index in [1.54, 1.807) is 59.8 Å². The zero-order chi connectivity index (χ0) is 27.7. The molecule has 1 N–H and O–H groups in total. The zero-order valence-corrected chi connectivity index (χ0v) is 21.2. The summed E-state index contributed by atoms with van der Waals surface area (Å²) in [6, 6.07) is 14.3. The van der Waals surface area contributed by atoms with Gasteiger partial charge in [0.2, 0.25) is 0 Å². The highest BCUT2D eigenvalue weighted by atomic mass is 19.1. The van der Waals surface area contributed by atoms with Gasteiger partial charge >= 0.3 is 6.01 Å². The van der Waals surface area contributed by atoms with Gasteiger partial charge in [-0.3, -0.25) is 14.2 Å². The van der Waals surface area contributed by atoms with Crippen LogP contribution < -0.4 is 10.3 Å². The predicted octanol–water partition coefficient (Wildman–Crippen LogP) is 2.97. The van der Waals surface area contributed by atoms with Gasteiger partial charge in [-0.1, -0.05) is 0 Å². The van der Waals surface area contributed by atoms with E-state index in [1.807, 2.05) is 0 Å². The molecular weight excluding hydrogens is 517 g/mol. The molecule has 4 heterocycles. The van der Waals surface area contributed by atoms with E-state index in [1.165, 1.54) is 33.9 Å². The van der Waals surface area contributed by atoms with E-state index < -0.39 is 5.60 Å². The minimum Gasteiger partial charge on any atom is -0.424 e. The van der Waals surface area contributed by atoms with Crippen LogP contribution in [-0.2, 0) is 6.54 Å². The highest BCUT2D eigenvalue weighted by Gasteiger charge is 2.35. The summed E-state index contributed by atoms with van der Waals surface area (Å²) < 4.78 is 21.7. The van der Waals surface area contributed by atoms with Crippen LogP contribution in [0.4, 0.5) is 4.39 Å². The van der Waals surface area contributed by atoms with Crippen LogP contribution in [0.25, 0.3) is 16.7 Å². The van der Waals surface area contributed by atoms with Crippen LogP contribution in [0.3, 0.4) is 0 Å². The molecule has 0 aliphatic carbocycles. The van der Waals surface area contributed by atoms with Crippen LogP contribution in [0.5, 0.6) is 11.8 Å². The summed E-state index contributed by atoms with van der Waals surface area (Å²) in [6.07, 6.45) is 6.54. The number of aliphatic hydroxyl groups is 1. The summed E-state index contributed by atoms with van der Waals surface area (Å²) in [5, 5.41) is 15.8. The molecule has 12 heteroatoms. The molecule has 6 rings (SSSR count). The third kappa shape index (κ3) is 5.04. The Hall–Kier alpha value is -4.97. The van der Waals surface area contributed by atoms with Gasteiger partial charge in [-0.2, -0.15) is 5.10 Å². The second-order valence-electron chi connectivity index (χ2n) is 9.62. The van der Waals surface area contributed by atoms with Crippen LogP contribution in [0.2, 0.25) is 0 Å². The molecular formula is C28H24FN7O4. The number of fused-ring (bicyclic) bond motifs is 1. The van der Waals surface area contributed by atoms with Crippen molar-refractivity contribution in [1.82, 2.24) is 34.2 Å². The van der Waals surface area contributed by atoms with Crippen molar-refractivity contribution in [3.63, 3.8) is 0 Å². The van der Waals surface area contributed by atoms with Crippen molar-refractivity contribution in [2.24, 2.45) is 0 Å². The molecule has 1 aliphatic rings. The third-order valence-electron chi connectivity index (χ3n) is 6.92. The summed E-state index contributed by atoms with van der Waals surface area (Å²) in [5.74, 6) is -0.0218. The van der Waals surface area contributed by atoms with E-state index in [0.717, 1.165) is 0 Å². The number of benzene rings is 2. The summed E-state index contributed by atoms with van der Waals surface area (Å²) in [4.78, 5) is 40.3. The molecule has 0 spiro atoms. The molecule has 0 bridgehead atoms. The number of nitrogens with zero attached hydrogens (tertiary/aromatic N) is 7. The number of ether oxygens (including phenoxy) is 1. The van der Waals surface area contributed by atoms with Gasteiger partial charge in [0.25, 0.3) is 11.5 Å². The van der Waals surface area contributed by atoms with Crippen molar-refractivity contribution in [3.8, 4) is 17.4 Å². The van der Waals surface area contributed by atoms with Gasteiger partial charge in [-0.25, -0.2) is 24.0 Å². The SMILES string of the molecule is O=C(c1ccc(Oc2ncccn2)cc1)N1CCC(O)(Cn2cnc3c(cnn3-c3ccc(F)cc3)c2=O)CC1. The summed E-state index contributed by atoms with van der Waals surface area (Å²) in [6.45, 7) is 0.697. The first kappa shape index (κ1) is 25.3. The number of hydrogen-bond donors (Lipinski definition) is 1. The molecule has 1 fully saturated rings. The molecule has 1 amide bonds. The predicted molar refractivity (Wildman–Crippen MR) is 142 cm³/mol. The maximum atomic E-state index is 13.3. The first-order chi connectivity index (χ1) is 19.4.